The van der Waals surface area contributed by atoms with Crippen LogP contribution >= 0.6 is 0 Å². The van der Waals surface area contributed by atoms with E-state index in [2.05, 4.69) is 4.98 Å². The van der Waals surface area contributed by atoms with Gasteiger partial charge in [-0.25, -0.2) is 0 Å². The fraction of sp³-hybridized carbons (Fsp3) is 0.467. The van der Waals surface area contributed by atoms with Crippen LogP contribution in [0, 0.1) is 12.8 Å². The molecule has 0 atom stereocenters. The number of carbonyl (C=O) groups is 2. The Morgan fingerprint density at radius 3 is 2.45 bits per heavy atom. The summed E-state index contributed by atoms with van der Waals surface area (Å²) in [6, 6.07) is 3.48. The van der Waals surface area contributed by atoms with Crippen molar-refractivity contribution in [1.82, 2.24) is 4.98 Å². The summed E-state index contributed by atoms with van der Waals surface area (Å²) < 4.78 is 0. The zero-order chi connectivity index (χ0) is 13.8. The molecule has 1 N–H and O–H groups in total. The number of Topliss-reactive ketones (excluding diaryl/α,β-unsaturated/α-hetero) is 1. The largest absolute Gasteiger partial charge is 1.00 e. The minimum absolute atomic E-state index is 0. The van der Waals surface area contributed by atoms with Crippen LogP contribution in [0.2, 0.25) is 0 Å². The molecule has 1 heterocycles. The number of aliphatic carboxylic acids is 1. The molecule has 5 heteroatoms. The fourth-order valence-electron chi connectivity index (χ4n) is 1.64. The van der Waals surface area contributed by atoms with Gasteiger partial charge in [-0.1, -0.05) is 6.92 Å². The van der Waals surface area contributed by atoms with E-state index in [1.165, 1.54) is 0 Å². The van der Waals surface area contributed by atoms with Crippen molar-refractivity contribution in [2.75, 3.05) is 0 Å². The van der Waals surface area contributed by atoms with Crippen LogP contribution in [0.3, 0.4) is 0 Å². The number of carboxylic acid groups (broad SMARTS) is 1. The van der Waals surface area contributed by atoms with Gasteiger partial charge in [0.2, 0.25) is 0 Å². The fourth-order valence-corrected chi connectivity index (χ4v) is 1.64. The number of ketones is 1. The monoisotopic (exact) mass is 397 g/mol. The zero-order valence-corrected chi connectivity index (χ0v) is 19.3. The molecule has 20 heavy (non-hydrogen) atoms. The van der Waals surface area contributed by atoms with Gasteiger partial charge >= 0.3 is 74.9 Å². The summed E-state index contributed by atoms with van der Waals surface area (Å²) >= 11 is 0. The summed E-state index contributed by atoms with van der Waals surface area (Å²) in [5, 5.41) is 9.00. The van der Waals surface area contributed by atoms with E-state index in [0.29, 0.717) is 18.4 Å². The summed E-state index contributed by atoms with van der Waals surface area (Å²) in [7, 11) is 0. The molecule has 106 valence electrons. The first-order valence-electron chi connectivity index (χ1n) is 6.09. The number of carboxylic acids is 1. The molecular weight excluding hydrogens is 375 g/mol. The molecule has 0 aliphatic heterocycles. The van der Waals surface area contributed by atoms with Gasteiger partial charge in [-0.2, -0.15) is 0 Å². The van der Waals surface area contributed by atoms with E-state index in [-0.39, 0.29) is 88.5 Å². The third-order valence-corrected chi connectivity index (χ3v) is 3.08. The van der Waals surface area contributed by atoms with Crippen molar-refractivity contribution in [3.8, 4) is 0 Å². The first-order chi connectivity index (χ1) is 8.38. The second kappa shape index (κ2) is 10.1. The molecule has 0 unspecified atom stereocenters. The van der Waals surface area contributed by atoms with Gasteiger partial charge in [-0.15, -0.1) is 0 Å². The van der Waals surface area contributed by atoms with Crippen LogP contribution in [0.15, 0.2) is 18.3 Å². The van der Waals surface area contributed by atoms with Crippen molar-refractivity contribution in [2.24, 2.45) is 5.41 Å². The average molecular weight is 397 g/mol. The van der Waals surface area contributed by atoms with Gasteiger partial charge in [0.15, 0.2) is 5.78 Å². The molecule has 0 spiro atoms. The van der Waals surface area contributed by atoms with Gasteiger partial charge in [0.05, 0.1) is 11.1 Å². The Balaban J connectivity index is 0. The Bertz CT molecular complexity index is 458. The van der Waals surface area contributed by atoms with E-state index in [9.17, 15) is 9.59 Å². The molecule has 1 rings (SSSR count). The van der Waals surface area contributed by atoms with Crippen LogP contribution in [-0.4, -0.2) is 21.8 Å². The number of nitrogens with zero attached hydrogens (tertiary/aromatic N) is 1. The van der Waals surface area contributed by atoms with Crippen molar-refractivity contribution >= 4 is 11.8 Å². The van der Waals surface area contributed by atoms with Crippen LogP contribution in [0.25, 0.3) is 0 Å². The average Bonchev–Trinajstić information content (AvgIpc) is 2.35. The maximum Gasteiger partial charge on any atom is 1.00 e. The Hall–Kier alpha value is 0.342. The molecule has 0 saturated carbocycles. The quantitative estimate of drug-likeness (QED) is 0.549. The minimum Gasteiger partial charge on any atom is -0.481 e. The molecular formula is C15H22CsNO3. The first-order valence-corrected chi connectivity index (χ1v) is 6.09. The molecule has 0 bridgehead atoms. The second-order valence-corrected chi connectivity index (χ2v) is 4.96. The number of hydrogen-bond donors (Lipinski definition) is 1. The normalized spacial score (nSPS) is 10.2. The van der Waals surface area contributed by atoms with Crippen molar-refractivity contribution in [3.63, 3.8) is 0 Å². The summed E-state index contributed by atoms with van der Waals surface area (Å²) in [6.07, 6.45) is 2.93. The molecule has 0 amide bonds. The van der Waals surface area contributed by atoms with Gasteiger partial charge < -0.3 is 12.5 Å². The third-order valence-electron chi connectivity index (χ3n) is 3.08. The van der Waals surface area contributed by atoms with Gasteiger partial charge in [-0.3, -0.25) is 14.6 Å². The summed E-state index contributed by atoms with van der Waals surface area (Å²) in [5.41, 5.74) is 0.515. The minimum atomic E-state index is -0.878. The van der Waals surface area contributed by atoms with E-state index in [0.717, 1.165) is 5.69 Å². The molecule has 0 fully saturated rings. The predicted octanol–water partition coefficient (Wildman–Crippen LogP) is 0.172. The Kier molecular flexibility index (Phi) is 11.5. The maximum atomic E-state index is 12.1. The van der Waals surface area contributed by atoms with Crippen molar-refractivity contribution in [2.45, 2.75) is 40.0 Å². The number of aryl methyl sites for hydroxylation is 1. The van der Waals surface area contributed by atoms with Gasteiger partial charge in [-0.05, 0) is 38.8 Å². The first kappa shape index (κ1) is 22.6. The molecule has 0 radical (unpaired) electrons. The summed E-state index contributed by atoms with van der Waals surface area (Å²) in [4.78, 5) is 27.2. The number of rotatable bonds is 6. The molecule has 4 nitrogen and oxygen atoms in total. The second-order valence-electron chi connectivity index (χ2n) is 4.96. The van der Waals surface area contributed by atoms with Gasteiger partial charge in [0.1, 0.15) is 0 Å². The third kappa shape index (κ3) is 6.41. The van der Waals surface area contributed by atoms with Gasteiger partial charge in [0, 0.05) is 18.2 Å². The van der Waals surface area contributed by atoms with Crippen molar-refractivity contribution in [1.29, 1.82) is 0 Å². The van der Waals surface area contributed by atoms with E-state index in [4.69, 9.17) is 5.11 Å². The van der Waals surface area contributed by atoms with Crippen LogP contribution in [0.1, 0.15) is 49.7 Å². The van der Waals surface area contributed by atoms with E-state index >= 15 is 0 Å². The molecule has 1 aromatic heterocycles. The number of carbonyl (C=O) groups excluding carboxylic acids is 1. The van der Waals surface area contributed by atoms with Crippen LogP contribution in [0.4, 0.5) is 0 Å². The predicted molar refractivity (Wildman–Crippen MR) is 75.0 cm³/mol. The van der Waals surface area contributed by atoms with Gasteiger partial charge in [0.25, 0.3) is 0 Å². The SMILES string of the molecule is CCc1ncccc1C(=O)CCC(C)(C)C(=O)O.[CH3-].[Cs+]. The summed E-state index contributed by atoms with van der Waals surface area (Å²) in [6.45, 7) is 5.21. The molecule has 0 saturated heterocycles. The maximum absolute atomic E-state index is 12.1. The Morgan fingerprint density at radius 2 is 1.95 bits per heavy atom. The van der Waals surface area contributed by atoms with Crippen molar-refractivity contribution in [3.05, 3.63) is 37.0 Å². The molecule has 0 aromatic carbocycles. The Labute approximate surface area is 180 Å². The van der Waals surface area contributed by atoms with Crippen molar-refractivity contribution < 1.29 is 83.6 Å². The summed E-state index contributed by atoms with van der Waals surface area (Å²) in [5.74, 6) is -0.911. The number of hydrogen-bond acceptors (Lipinski definition) is 3. The number of pyridine rings is 1. The molecule has 1 aromatic rings. The molecule has 0 aliphatic rings. The van der Waals surface area contributed by atoms with Crippen LogP contribution < -0.4 is 68.9 Å². The van der Waals surface area contributed by atoms with E-state index in [1.54, 1.807) is 32.2 Å². The smallest absolute Gasteiger partial charge is 0.481 e. The Morgan fingerprint density at radius 1 is 1.35 bits per heavy atom. The standard InChI is InChI=1S/C14H19NO3.CH3.Cs/c1-4-11-10(6-5-9-15-11)12(16)7-8-14(2,3)13(17)18;;/h5-6,9H,4,7-8H2,1-3H3,(H,17,18);1H3;/q;-1;+1. The number of aromatic nitrogens is 1. The van der Waals surface area contributed by atoms with E-state index < -0.39 is 11.4 Å². The topological polar surface area (TPSA) is 67.3 Å². The molecule has 0 aliphatic carbocycles. The van der Waals surface area contributed by atoms with Crippen LogP contribution in [0.5, 0.6) is 0 Å². The van der Waals surface area contributed by atoms with Crippen LogP contribution in [-0.2, 0) is 11.2 Å². The zero-order valence-electron chi connectivity index (χ0n) is 13.1. The van der Waals surface area contributed by atoms with E-state index in [1.807, 2.05) is 6.92 Å².